The monoisotopic (exact) mass is 736 g/mol. The van der Waals surface area contributed by atoms with Gasteiger partial charge in [0.15, 0.2) is 0 Å². The quantitative estimate of drug-likeness (QED) is 0.0774. The molecule has 0 aromatic rings. The van der Waals surface area contributed by atoms with Gasteiger partial charge in [0.1, 0.15) is 0 Å². The Morgan fingerprint density at radius 1 is 0.560 bits per heavy atom. The van der Waals surface area contributed by atoms with E-state index in [9.17, 15) is 33.6 Å². The van der Waals surface area contributed by atoms with E-state index in [-0.39, 0.29) is 80.4 Å². The van der Waals surface area contributed by atoms with Crippen molar-refractivity contribution in [3.8, 4) is 0 Å². The van der Waals surface area contributed by atoms with Crippen LogP contribution in [0.4, 0.5) is 0 Å². The highest BCUT2D eigenvalue weighted by Gasteiger charge is 2.27. The molecular weight excluding hydrogens is 672 g/mol. The largest absolute Gasteiger partial charge is 0.492 e. The van der Waals surface area contributed by atoms with Gasteiger partial charge in [0, 0.05) is 124 Å². The molecule has 18 heteroatoms. The summed E-state index contributed by atoms with van der Waals surface area (Å²) in [6, 6.07) is -0.794. The maximum absolute atomic E-state index is 12.8. The van der Waals surface area contributed by atoms with Crippen LogP contribution in [0.3, 0.4) is 0 Å². The van der Waals surface area contributed by atoms with Gasteiger partial charge >= 0.3 is 8.80 Å². The van der Waals surface area contributed by atoms with Crippen LogP contribution in [0.2, 0.25) is 6.04 Å². The minimum atomic E-state index is -4.16. The second-order valence-electron chi connectivity index (χ2n) is 12.3. The molecule has 1 rings (SSSR count). The average molecular weight is 737 g/mol. The molecular formula is C32H64N6O11Si. The molecule has 1 aliphatic heterocycles. The zero-order valence-electron chi connectivity index (χ0n) is 30.4. The molecule has 0 aromatic heterocycles. The van der Waals surface area contributed by atoms with Crippen LogP contribution in [0.1, 0.15) is 57.8 Å². The van der Waals surface area contributed by atoms with E-state index < -0.39 is 8.80 Å². The SMILES string of the molecule is CNC(=O)CC(CC(=O)NC)N1CCCOCCOCCCN(C(CC(=O)NC)CC(=O)NCCC[Si](O)(O)O)CCCOCCOCCC1. The van der Waals surface area contributed by atoms with Crippen molar-refractivity contribution < 1.29 is 52.5 Å². The van der Waals surface area contributed by atoms with Crippen molar-refractivity contribution in [1.82, 2.24) is 31.1 Å². The number of nitrogens with one attached hydrogen (secondary N) is 4. The number of carbonyl (C=O) groups excluding carboxylic acids is 4. The lowest BCUT2D eigenvalue weighted by Crippen LogP contribution is -2.44. The molecule has 17 nitrogen and oxygen atoms in total. The van der Waals surface area contributed by atoms with Crippen molar-refractivity contribution in [2.24, 2.45) is 0 Å². The molecule has 0 aliphatic carbocycles. The Bertz CT molecular complexity index is 905. The Morgan fingerprint density at radius 2 is 0.880 bits per heavy atom. The van der Waals surface area contributed by atoms with Gasteiger partial charge in [-0.05, 0) is 32.1 Å². The maximum atomic E-state index is 12.8. The molecule has 0 saturated carbocycles. The highest BCUT2D eigenvalue weighted by molar-refractivity contribution is 6.56. The summed E-state index contributed by atoms with van der Waals surface area (Å²) < 4.78 is 23.2. The summed E-state index contributed by atoms with van der Waals surface area (Å²) >= 11 is 0. The number of ether oxygens (including phenoxy) is 4. The zero-order chi connectivity index (χ0) is 37.0. The molecule has 292 valence electrons. The Balaban J connectivity index is 2.79. The van der Waals surface area contributed by atoms with E-state index in [1.807, 2.05) is 0 Å². The van der Waals surface area contributed by atoms with E-state index in [1.54, 1.807) is 21.1 Å². The van der Waals surface area contributed by atoms with Crippen molar-refractivity contribution in [1.29, 1.82) is 0 Å². The standard InChI is InChI=1S/C32H64N6O11Si/c1-33-29(39)23-27(24-30(40)34-2)37-10-5-14-46-18-20-48-16-7-12-38(13-8-17-49-21-19-47-15-6-11-37)28(25-31(41)35-3)26-32(42)36-9-4-22-50(43,44)45/h27-28,43-45H,4-26H2,1-3H3,(H,33,39)(H,34,40)(H,35,41)(H,36,42). The lowest BCUT2D eigenvalue weighted by atomic mass is 10.1. The molecule has 1 fully saturated rings. The second-order valence-corrected chi connectivity index (χ2v) is 14.4. The molecule has 0 radical (unpaired) electrons. The minimum absolute atomic E-state index is 0.0759. The van der Waals surface area contributed by atoms with Crippen molar-refractivity contribution in [3.05, 3.63) is 0 Å². The Hall–Kier alpha value is -2.26. The van der Waals surface area contributed by atoms with Gasteiger partial charge in [-0.25, -0.2) is 0 Å². The number of amides is 4. The zero-order valence-corrected chi connectivity index (χ0v) is 31.4. The van der Waals surface area contributed by atoms with Crippen LogP contribution in [0.5, 0.6) is 0 Å². The fraction of sp³-hybridized carbons (Fsp3) is 0.875. The molecule has 4 amide bonds. The lowest BCUT2D eigenvalue weighted by Gasteiger charge is -2.31. The van der Waals surface area contributed by atoms with Crippen LogP contribution in [0.15, 0.2) is 0 Å². The maximum Gasteiger partial charge on any atom is 0.492 e. The Labute approximate surface area is 298 Å². The first-order valence-electron chi connectivity index (χ1n) is 17.8. The van der Waals surface area contributed by atoms with Crippen LogP contribution < -0.4 is 21.3 Å². The second kappa shape index (κ2) is 28.3. The number of hydrogen-bond acceptors (Lipinski definition) is 13. The summed E-state index contributed by atoms with van der Waals surface area (Å²) in [6.07, 6.45) is 3.64. The molecule has 7 N–H and O–H groups in total. The van der Waals surface area contributed by atoms with Crippen LogP contribution >= 0.6 is 0 Å². The number of hydrogen-bond donors (Lipinski definition) is 7. The molecule has 1 atom stereocenters. The summed E-state index contributed by atoms with van der Waals surface area (Å²) in [5.74, 6) is -0.692. The van der Waals surface area contributed by atoms with Crippen LogP contribution in [-0.2, 0) is 38.1 Å². The van der Waals surface area contributed by atoms with E-state index in [2.05, 4.69) is 31.1 Å². The van der Waals surface area contributed by atoms with Crippen molar-refractivity contribution in [3.63, 3.8) is 0 Å². The van der Waals surface area contributed by atoms with Gasteiger partial charge in [-0.1, -0.05) is 0 Å². The van der Waals surface area contributed by atoms with Crippen LogP contribution in [0, 0.1) is 0 Å². The third kappa shape index (κ3) is 24.0. The third-order valence-corrected chi connectivity index (χ3v) is 9.27. The molecule has 1 saturated heterocycles. The van der Waals surface area contributed by atoms with Crippen molar-refractivity contribution in [2.45, 2.75) is 75.9 Å². The van der Waals surface area contributed by atoms with E-state index in [1.165, 1.54) is 0 Å². The third-order valence-electron chi connectivity index (χ3n) is 8.24. The van der Waals surface area contributed by atoms with Gasteiger partial charge in [-0.3, -0.25) is 29.0 Å². The van der Waals surface area contributed by atoms with Crippen LogP contribution in [0.25, 0.3) is 0 Å². The van der Waals surface area contributed by atoms with E-state index in [0.29, 0.717) is 91.9 Å². The van der Waals surface area contributed by atoms with Gasteiger partial charge in [-0.15, -0.1) is 0 Å². The van der Waals surface area contributed by atoms with E-state index in [0.717, 1.165) is 12.8 Å². The van der Waals surface area contributed by atoms with E-state index in [4.69, 9.17) is 18.9 Å². The summed E-state index contributed by atoms with van der Waals surface area (Å²) in [4.78, 5) is 81.6. The minimum Gasteiger partial charge on any atom is -0.390 e. The predicted octanol–water partition coefficient (Wildman–Crippen LogP) is -1.81. The highest BCUT2D eigenvalue weighted by Crippen LogP contribution is 2.14. The first kappa shape index (κ1) is 45.8. The topological polar surface area (TPSA) is 220 Å². The number of carbonyl (C=O) groups is 4. The molecule has 1 heterocycles. The Kier molecular flexibility index (Phi) is 25.9. The summed E-state index contributed by atoms with van der Waals surface area (Å²) in [7, 11) is 0.575. The molecule has 50 heavy (non-hydrogen) atoms. The molecule has 0 spiro atoms. The predicted molar refractivity (Wildman–Crippen MR) is 188 cm³/mol. The number of rotatable bonds is 14. The Morgan fingerprint density at radius 3 is 1.18 bits per heavy atom. The van der Waals surface area contributed by atoms with Gasteiger partial charge in [0.2, 0.25) is 23.6 Å². The first-order valence-corrected chi connectivity index (χ1v) is 19.9. The van der Waals surface area contributed by atoms with Gasteiger partial charge < -0.3 is 54.6 Å². The fourth-order valence-corrected chi connectivity index (χ4v) is 6.18. The van der Waals surface area contributed by atoms with Gasteiger partial charge in [-0.2, -0.15) is 0 Å². The molecule has 1 unspecified atom stereocenters. The average Bonchev–Trinajstić information content (AvgIpc) is 3.08. The number of nitrogens with zero attached hydrogens (tertiary/aromatic N) is 2. The summed E-state index contributed by atoms with van der Waals surface area (Å²) in [5.41, 5.74) is 0. The van der Waals surface area contributed by atoms with Crippen molar-refractivity contribution in [2.75, 3.05) is 107 Å². The van der Waals surface area contributed by atoms with Crippen molar-refractivity contribution >= 4 is 32.4 Å². The van der Waals surface area contributed by atoms with Gasteiger partial charge in [0.25, 0.3) is 0 Å². The summed E-state index contributed by atoms with van der Waals surface area (Å²) in [5, 5.41) is 10.7. The molecule has 1 aliphatic rings. The normalized spacial score (nSPS) is 18.6. The molecule has 0 aromatic carbocycles. The lowest BCUT2D eigenvalue weighted by molar-refractivity contribution is -0.126. The fourth-order valence-electron chi connectivity index (χ4n) is 5.53. The smallest absolute Gasteiger partial charge is 0.390 e. The molecule has 0 bridgehead atoms. The summed E-state index contributed by atoms with van der Waals surface area (Å²) in [6.45, 7) is 6.28. The van der Waals surface area contributed by atoms with Gasteiger partial charge in [0.05, 0.1) is 26.4 Å². The van der Waals surface area contributed by atoms with Crippen LogP contribution in [-0.4, -0.2) is 175 Å². The van der Waals surface area contributed by atoms with E-state index >= 15 is 0 Å². The highest BCUT2D eigenvalue weighted by atomic mass is 28.4. The first-order chi connectivity index (χ1) is 24.0.